The lowest BCUT2D eigenvalue weighted by atomic mass is 10.0. The molecule has 0 bridgehead atoms. The summed E-state index contributed by atoms with van der Waals surface area (Å²) in [5.74, 6) is -0.175. The van der Waals surface area contributed by atoms with Crippen molar-refractivity contribution in [1.82, 2.24) is 34.7 Å². The smallest absolute Gasteiger partial charge is 0.410 e. The molecule has 7 rings (SSSR count). The van der Waals surface area contributed by atoms with Crippen molar-refractivity contribution < 1.29 is 19.1 Å². The number of nitrogens with zero attached hydrogens (tertiary/aromatic N) is 6. The lowest BCUT2D eigenvalue weighted by Crippen LogP contribution is -2.56. The summed E-state index contributed by atoms with van der Waals surface area (Å²) >= 11 is 6.54. The topological polar surface area (TPSA) is 117 Å². The van der Waals surface area contributed by atoms with Gasteiger partial charge in [-0.1, -0.05) is 29.8 Å². The number of hydrogen-bond acceptors (Lipinski definition) is 7. The minimum Gasteiger partial charge on any atom is -0.436 e. The largest absolute Gasteiger partial charge is 0.436 e. The second kappa shape index (κ2) is 14.3. The lowest BCUT2D eigenvalue weighted by Gasteiger charge is -2.42. The molecule has 1 unspecified atom stereocenters. The van der Waals surface area contributed by atoms with Crippen LogP contribution in [0.25, 0.3) is 10.9 Å². The van der Waals surface area contributed by atoms with Gasteiger partial charge in [0.15, 0.2) is 6.10 Å². The number of carbonyl (C=O) groups excluding carboxylic acids is 3. The number of carbonyl (C=O) groups is 3. The molecule has 0 radical (unpaired) electrons. The number of hydrogen-bond donors (Lipinski definition) is 2. The Morgan fingerprint density at radius 3 is 2.44 bits per heavy atom. The monoisotopic (exact) mass is 676 g/mol. The van der Waals surface area contributed by atoms with Gasteiger partial charge in [0.2, 0.25) is 0 Å². The van der Waals surface area contributed by atoms with E-state index in [0.29, 0.717) is 56.6 Å². The first kappa shape index (κ1) is 32.7. The maximum Gasteiger partial charge on any atom is 0.410 e. The molecule has 4 aliphatic rings. The summed E-state index contributed by atoms with van der Waals surface area (Å²) in [5.41, 5.74) is 3.52. The molecule has 12 nitrogen and oxygen atoms in total. The van der Waals surface area contributed by atoms with Gasteiger partial charge in [0, 0.05) is 75.4 Å². The number of H-pyrrole nitrogens is 1. The summed E-state index contributed by atoms with van der Waals surface area (Å²) in [6.45, 7) is 6.56. The van der Waals surface area contributed by atoms with E-state index in [1.165, 1.54) is 0 Å². The zero-order valence-corrected chi connectivity index (χ0v) is 28.3. The number of ether oxygens (including phenoxy) is 1. The molecule has 5 heterocycles. The van der Waals surface area contributed by atoms with Crippen molar-refractivity contribution in [2.45, 2.75) is 56.7 Å². The van der Waals surface area contributed by atoms with Crippen molar-refractivity contribution in [2.75, 3.05) is 71.3 Å². The quantitative estimate of drug-likeness (QED) is 0.405. The highest BCUT2D eigenvalue weighted by molar-refractivity contribution is 6.35. The fourth-order valence-corrected chi connectivity index (χ4v) is 8.04. The molecular formula is C35H45ClN8O4. The molecule has 2 aromatic carbocycles. The van der Waals surface area contributed by atoms with E-state index in [0.717, 1.165) is 73.2 Å². The number of piperazine rings is 1. The Balaban J connectivity index is 0.996. The van der Waals surface area contributed by atoms with Crippen LogP contribution in [0, 0.1) is 0 Å². The summed E-state index contributed by atoms with van der Waals surface area (Å²) < 4.78 is 6.08. The van der Waals surface area contributed by atoms with Crippen molar-refractivity contribution in [2.24, 2.45) is 0 Å². The van der Waals surface area contributed by atoms with Crippen LogP contribution in [0.15, 0.2) is 42.6 Å². The number of nitrogens with one attached hydrogen (secondary N) is 2. The number of amides is 4. The Bertz CT molecular complexity index is 1630. The predicted molar refractivity (Wildman–Crippen MR) is 184 cm³/mol. The molecule has 4 aliphatic heterocycles. The highest BCUT2D eigenvalue weighted by Gasteiger charge is 2.36. The second-order valence-electron chi connectivity index (χ2n) is 13.6. The summed E-state index contributed by atoms with van der Waals surface area (Å²) in [4.78, 5) is 51.1. The number of aromatic amines is 1. The molecule has 3 saturated heterocycles. The average molecular weight is 677 g/mol. The number of piperidine rings is 2. The average Bonchev–Trinajstić information content (AvgIpc) is 3.52. The van der Waals surface area contributed by atoms with Gasteiger partial charge in [-0.05, 0) is 81.6 Å². The first-order chi connectivity index (χ1) is 23.3. The number of aromatic nitrogens is 2. The van der Waals surface area contributed by atoms with Crippen molar-refractivity contribution in [3.8, 4) is 0 Å². The number of halogens is 1. The zero-order valence-electron chi connectivity index (χ0n) is 27.6. The number of urea groups is 1. The summed E-state index contributed by atoms with van der Waals surface area (Å²) in [7, 11) is 2.17. The number of fused-ring (bicyclic) bond motifs is 2. The molecule has 4 amide bonds. The lowest BCUT2D eigenvalue weighted by molar-refractivity contribution is -0.143. The molecule has 0 aliphatic carbocycles. The maximum atomic E-state index is 14.1. The van der Waals surface area contributed by atoms with E-state index in [9.17, 15) is 14.4 Å². The molecule has 256 valence electrons. The van der Waals surface area contributed by atoms with Gasteiger partial charge in [-0.15, -0.1) is 0 Å². The summed E-state index contributed by atoms with van der Waals surface area (Å²) in [6, 6.07) is 12.1. The van der Waals surface area contributed by atoms with Gasteiger partial charge >= 0.3 is 12.1 Å². The van der Waals surface area contributed by atoms with Crippen LogP contribution in [0.5, 0.6) is 0 Å². The van der Waals surface area contributed by atoms with Crippen molar-refractivity contribution in [1.29, 1.82) is 0 Å². The van der Waals surface area contributed by atoms with Crippen LogP contribution in [-0.4, -0.2) is 137 Å². The van der Waals surface area contributed by atoms with Gasteiger partial charge in [0.1, 0.15) is 0 Å². The van der Waals surface area contributed by atoms with Crippen LogP contribution in [0.3, 0.4) is 0 Å². The van der Waals surface area contributed by atoms with E-state index in [1.807, 2.05) is 46.2 Å². The van der Waals surface area contributed by atoms with Crippen LogP contribution < -0.4 is 5.32 Å². The predicted octanol–water partition coefficient (Wildman–Crippen LogP) is 4.06. The zero-order chi connectivity index (χ0) is 33.2. The molecule has 2 N–H and O–H groups in total. The van der Waals surface area contributed by atoms with E-state index in [4.69, 9.17) is 16.3 Å². The first-order valence-corrected chi connectivity index (χ1v) is 17.6. The molecule has 0 spiro atoms. The Labute approximate surface area is 286 Å². The summed E-state index contributed by atoms with van der Waals surface area (Å²) in [5, 5.41) is 11.4. The van der Waals surface area contributed by atoms with Gasteiger partial charge in [-0.3, -0.25) is 14.8 Å². The van der Waals surface area contributed by atoms with Gasteiger partial charge in [0.25, 0.3) is 5.91 Å². The minimum atomic E-state index is -0.986. The number of anilines is 1. The minimum absolute atomic E-state index is 0.0190. The first-order valence-electron chi connectivity index (χ1n) is 17.3. The Morgan fingerprint density at radius 2 is 1.67 bits per heavy atom. The molecule has 0 saturated carbocycles. The van der Waals surface area contributed by atoms with Crippen LogP contribution in [0.2, 0.25) is 5.02 Å². The van der Waals surface area contributed by atoms with E-state index in [-0.39, 0.29) is 24.4 Å². The van der Waals surface area contributed by atoms with Crippen molar-refractivity contribution in [3.63, 3.8) is 0 Å². The molecule has 13 heteroatoms. The standard InChI is InChI=1S/C35H45ClN8O4/c1-40-11-7-27(8-12-40)41-16-18-42(19-17-41)33(45)31(22-24-20-26-23-37-39-32(26)29(36)21-24)48-35(47)43-13-9-28(10-14-43)44-15-6-25-4-2-3-5-30(25)38-34(44)46/h2-5,20-21,23,27-28,31H,6-19,22H2,1H3,(H,37,39)(H,38,46). The molecule has 1 atom stereocenters. The van der Waals surface area contributed by atoms with Crippen molar-refractivity contribution in [3.05, 3.63) is 58.7 Å². The number of rotatable bonds is 6. The van der Waals surface area contributed by atoms with E-state index in [1.54, 1.807) is 11.1 Å². The molecular weight excluding hydrogens is 632 g/mol. The van der Waals surface area contributed by atoms with E-state index < -0.39 is 12.2 Å². The molecule has 3 aromatic rings. The second-order valence-corrected chi connectivity index (χ2v) is 14.0. The normalized spacial score (nSPS) is 21.1. The fraction of sp³-hybridized carbons (Fsp3) is 0.543. The van der Waals surface area contributed by atoms with Crippen LogP contribution >= 0.6 is 11.6 Å². The Hall–Kier alpha value is -3.87. The van der Waals surface area contributed by atoms with Gasteiger partial charge < -0.3 is 29.7 Å². The fourth-order valence-electron chi connectivity index (χ4n) is 7.75. The summed E-state index contributed by atoms with van der Waals surface area (Å²) in [6.07, 6.45) is 4.78. The third kappa shape index (κ3) is 7.11. The highest BCUT2D eigenvalue weighted by Crippen LogP contribution is 2.27. The van der Waals surface area contributed by atoms with Gasteiger partial charge in [0.05, 0.1) is 16.7 Å². The van der Waals surface area contributed by atoms with Crippen LogP contribution in [-0.2, 0) is 22.4 Å². The van der Waals surface area contributed by atoms with Gasteiger partial charge in [-0.2, -0.15) is 5.10 Å². The third-order valence-corrected chi connectivity index (χ3v) is 10.9. The molecule has 48 heavy (non-hydrogen) atoms. The van der Waals surface area contributed by atoms with Gasteiger partial charge in [-0.25, -0.2) is 9.59 Å². The van der Waals surface area contributed by atoms with E-state index in [2.05, 4.69) is 32.4 Å². The number of likely N-dealkylation sites (tertiary alicyclic amines) is 2. The third-order valence-electron chi connectivity index (χ3n) is 10.6. The van der Waals surface area contributed by atoms with Crippen molar-refractivity contribution >= 4 is 46.2 Å². The van der Waals surface area contributed by atoms with E-state index >= 15 is 0 Å². The number of benzene rings is 2. The Morgan fingerprint density at radius 1 is 0.938 bits per heavy atom. The Kier molecular flexibility index (Phi) is 9.74. The molecule has 3 fully saturated rings. The SMILES string of the molecule is CN1CCC(N2CCN(C(=O)C(Cc3cc(Cl)c4[nH]ncc4c3)OC(=O)N3CCC(N4CCc5ccccc5NC4=O)CC3)CC2)CC1. The number of para-hydroxylation sites is 1. The molecule has 1 aromatic heterocycles. The van der Waals surface area contributed by atoms with Crippen LogP contribution in [0.4, 0.5) is 15.3 Å². The highest BCUT2D eigenvalue weighted by atomic mass is 35.5. The van der Waals surface area contributed by atoms with Crippen LogP contribution in [0.1, 0.15) is 36.8 Å². The maximum absolute atomic E-state index is 14.1.